The van der Waals surface area contributed by atoms with Gasteiger partial charge in [0.1, 0.15) is 11.0 Å². The second-order valence-corrected chi connectivity index (χ2v) is 6.33. The summed E-state index contributed by atoms with van der Waals surface area (Å²) in [4.78, 5) is 6.72. The summed E-state index contributed by atoms with van der Waals surface area (Å²) < 4.78 is 0. The van der Waals surface area contributed by atoms with Crippen LogP contribution in [0.25, 0.3) is 0 Å². The monoisotopic (exact) mass is 252 g/mol. The Balaban J connectivity index is 2.00. The molecule has 1 aliphatic rings. The van der Waals surface area contributed by atoms with Gasteiger partial charge in [0.25, 0.3) is 0 Å². The van der Waals surface area contributed by atoms with Gasteiger partial charge in [-0.1, -0.05) is 38.4 Å². The van der Waals surface area contributed by atoms with Gasteiger partial charge in [-0.25, -0.2) is 4.98 Å². The molecule has 1 aliphatic heterocycles. The zero-order valence-electron chi connectivity index (χ0n) is 10.9. The highest BCUT2D eigenvalue weighted by Crippen LogP contribution is 2.35. The Bertz CT molecular complexity index is 376. The number of rotatable bonds is 1. The lowest BCUT2D eigenvalue weighted by molar-refractivity contribution is 0.198. The molecule has 0 saturated carbocycles. The Morgan fingerprint density at radius 2 is 1.88 bits per heavy atom. The van der Waals surface area contributed by atoms with Crippen molar-refractivity contribution < 1.29 is 0 Å². The van der Waals surface area contributed by atoms with E-state index in [1.54, 1.807) is 0 Å². The third-order valence-corrected chi connectivity index (χ3v) is 3.95. The first-order valence-electron chi connectivity index (χ1n) is 6.34. The van der Waals surface area contributed by atoms with Gasteiger partial charge < -0.3 is 4.90 Å². The van der Waals surface area contributed by atoms with Gasteiger partial charge in [0, 0.05) is 13.1 Å². The van der Waals surface area contributed by atoms with Crippen molar-refractivity contribution >= 4 is 17.4 Å². The van der Waals surface area contributed by atoms with Crippen LogP contribution in [0.1, 0.15) is 33.6 Å². The average molecular weight is 253 g/mol. The van der Waals surface area contributed by atoms with Crippen LogP contribution in [0.5, 0.6) is 0 Å². The van der Waals surface area contributed by atoms with E-state index in [4.69, 9.17) is 11.6 Å². The number of anilines is 1. The first-order valence-corrected chi connectivity index (χ1v) is 6.72. The molecule has 0 aliphatic carbocycles. The zero-order valence-corrected chi connectivity index (χ0v) is 11.7. The van der Waals surface area contributed by atoms with Crippen molar-refractivity contribution in [2.75, 3.05) is 18.0 Å². The fourth-order valence-electron chi connectivity index (χ4n) is 2.55. The lowest BCUT2D eigenvalue weighted by Gasteiger charge is -2.39. The molecule has 0 amide bonds. The molecule has 0 bridgehead atoms. The number of pyridine rings is 1. The molecule has 3 heteroatoms. The minimum atomic E-state index is 0.424. The molecule has 17 heavy (non-hydrogen) atoms. The van der Waals surface area contributed by atoms with Gasteiger partial charge in [-0.05, 0) is 36.3 Å². The second-order valence-electron chi connectivity index (χ2n) is 5.95. The van der Waals surface area contributed by atoms with Crippen LogP contribution in [0.2, 0.25) is 5.15 Å². The molecule has 0 aromatic carbocycles. The largest absolute Gasteiger partial charge is 0.357 e. The topological polar surface area (TPSA) is 16.1 Å². The third kappa shape index (κ3) is 3.12. The molecular weight excluding hydrogens is 232 g/mol. The molecule has 2 nitrogen and oxygen atoms in total. The second kappa shape index (κ2) is 4.85. The molecule has 1 aromatic rings. The first-order chi connectivity index (χ1) is 7.97. The lowest BCUT2D eigenvalue weighted by Crippen LogP contribution is -2.38. The van der Waals surface area contributed by atoms with Crippen molar-refractivity contribution in [2.45, 2.75) is 33.6 Å². The van der Waals surface area contributed by atoms with Gasteiger partial charge in [-0.2, -0.15) is 0 Å². The standard InChI is InChI=1S/C14H21ClN2/c1-14(2,3)11-7-9-17(10-8-11)13-6-4-5-12(15)16-13/h4-6,11H,7-10H2,1-3H3. The summed E-state index contributed by atoms with van der Waals surface area (Å²) >= 11 is 5.93. The highest BCUT2D eigenvalue weighted by molar-refractivity contribution is 6.29. The fourth-order valence-corrected chi connectivity index (χ4v) is 2.71. The number of aromatic nitrogens is 1. The van der Waals surface area contributed by atoms with E-state index in [1.807, 2.05) is 18.2 Å². The van der Waals surface area contributed by atoms with Crippen LogP contribution in [-0.4, -0.2) is 18.1 Å². The number of halogens is 1. The van der Waals surface area contributed by atoms with E-state index in [9.17, 15) is 0 Å². The summed E-state index contributed by atoms with van der Waals surface area (Å²) in [6.45, 7) is 9.20. The van der Waals surface area contributed by atoms with Gasteiger partial charge in [-0.15, -0.1) is 0 Å². The van der Waals surface area contributed by atoms with Crippen molar-refractivity contribution in [2.24, 2.45) is 11.3 Å². The maximum Gasteiger partial charge on any atom is 0.131 e. The van der Waals surface area contributed by atoms with Crippen molar-refractivity contribution in [3.8, 4) is 0 Å². The van der Waals surface area contributed by atoms with Gasteiger partial charge in [-0.3, -0.25) is 0 Å². The van der Waals surface area contributed by atoms with Crippen LogP contribution >= 0.6 is 11.6 Å². The predicted octanol–water partition coefficient (Wildman–Crippen LogP) is 4.00. The molecular formula is C14H21ClN2. The zero-order chi connectivity index (χ0) is 12.5. The van der Waals surface area contributed by atoms with Crippen LogP contribution in [0.3, 0.4) is 0 Å². The maximum atomic E-state index is 5.93. The lowest BCUT2D eigenvalue weighted by atomic mass is 9.75. The Kier molecular flexibility index (Phi) is 3.62. The molecule has 1 fully saturated rings. The molecule has 0 unspecified atom stereocenters. The normalized spacial score (nSPS) is 18.5. The van der Waals surface area contributed by atoms with E-state index >= 15 is 0 Å². The Morgan fingerprint density at radius 3 is 2.41 bits per heavy atom. The molecule has 0 spiro atoms. The van der Waals surface area contributed by atoms with E-state index in [0.717, 1.165) is 24.8 Å². The molecule has 2 rings (SSSR count). The van der Waals surface area contributed by atoms with Crippen LogP contribution in [0, 0.1) is 11.3 Å². The molecule has 1 aromatic heterocycles. The van der Waals surface area contributed by atoms with Gasteiger partial charge in [0.05, 0.1) is 0 Å². The van der Waals surface area contributed by atoms with Crippen molar-refractivity contribution in [3.63, 3.8) is 0 Å². The summed E-state index contributed by atoms with van der Waals surface area (Å²) in [5.74, 6) is 1.84. The minimum Gasteiger partial charge on any atom is -0.357 e. The highest BCUT2D eigenvalue weighted by atomic mass is 35.5. The smallest absolute Gasteiger partial charge is 0.131 e. The van der Waals surface area contributed by atoms with Crippen molar-refractivity contribution in [3.05, 3.63) is 23.4 Å². The molecule has 0 radical (unpaired) electrons. The van der Waals surface area contributed by atoms with E-state index in [0.29, 0.717) is 10.6 Å². The Labute approximate surface area is 109 Å². The Hall–Kier alpha value is -0.760. The predicted molar refractivity (Wildman–Crippen MR) is 73.6 cm³/mol. The van der Waals surface area contributed by atoms with Crippen LogP contribution in [-0.2, 0) is 0 Å². The number of nitrogens with zero attached hydrogens (tertiary/aromatic N) is 2. The van der Waals surface area contributed by atoms with E-state index < -0.39 is 0 Å². The molecule has 2 heterocycles. The van der Waals surface area contributed by atoms with E-state index in [2.05, 4.69) is 30.7 Å². The average Bonchev–Trinajstić information content (AvgIpc) is 2.28. The molecule has 1 saturated heterocycles. The van der Waals surface area contributed by atoms with Gasteiger partial charge >= 0.3 is 0 Å². The summed E-state index contributed by atoms with van der Waals surface area (Å²) in [6.07, 6.45) is 2.50. The maximum absolute atomic E-state index is 5.93. The number of hydrogen-bond donors (Lipinski definition) is 0. The minimum absolute atomic E-state index is 0.424. The summed E-state index contributed by atoms with van der Waals surface area (Å²) in [7, 11) is 0. The summed E-state index contributed by atoms with van der Waals surface area (Å²) in [5.41, 5.74) is 0.424. The first kappa shape index (κ1) is 12.7. The number of piperidine rings is 1. The summed E-state index contributed by atoms with van der Waals surface area (Å²) in [5, 5.41) is 0.584. The molecule has 0 atom stereocenters. The van der Waals surface area contributed by atoms with Gasteiger partial charge in [0.2, 0.25) is 0 Å². The summed E-state index contributed by atoms with van der Waals surface area (Å²) in [6, 6.07) is 5.84. The molecule has 94 valence electrons. The quantitative estimate of drug-likeness (QED) is 0.703. The highest BCUT2D eigenvalue weighted by Gasteiger charge is 2.29. The van der Waals surface area contributed by atoms with Crippen molar-refractivity contribution in [1.29, 1.82) is 0 Å². The number of hydrogen-bond acceptors (Lipinski definition) is 2. The van der Waals surface area contributed by atoms with Crippen LogP contribution < -0.4 is 4.90 Å². The van der Waals surface area contributed by atoms with Crippen LogP contribution in [0.15, 0.2) is 18.2 Å². The van der Waals surface area contributed by atoms with Crippen molar-refractivity contribution in [1.82, 2.24) is 4.98 Å². The van der Waals surface area contributed by atoms with E-state index in [-0.39, 0.29) is 0 Å². The molecule has 0 N–H and O–H groups in total. The van der Waals surface area contributed by atoms with Crippen LogP contribution in [0.4, 0.5) is 5.82 Å². The van der Waals surface area contributed by atoms with Gasteiger partial charge in [0.15, 0.2) is 0 Å². The third-order valence-electron chi connectivity index (χ3n) is 3.74. The SMILES string of the molecule is CC(C)(C)C1CCN(c2cccc(Cl)n2)CC1. The fraction of sp³-hybridized carbons (Fsp3) is 0.643. The van der Waals surface area contributed by atoms with E-state index in [1.165, 1.54) is 12.8 Å². The Morgan fingerprint density at radius 1 is 1.24 bits per heavy atom.